The average molecular weight is 242 g/mol. The Kier molecular flexibility index (Phi) is 2.16. The number of nitrogens with zero attached hydrogens (tertiary/aromatic N) is 4. The smallest absolute Gasteiger partial charge is 0.352 e. The first kappa shape index (κ1) is 10.5. The van der Waals surface area contributed by atoms with Crippen molar-refractivity contribution in [1.29, 1.82) is 0 Å². The van der Waals surface area contributed by atoms with Crippen molar-refractivity contribution < 1.29 is 9.90 Å². The SMILES string of the molecule is Cn1nccc1-c1cn2c(C(=O)O)cccc2n1. The highest BCUT2D eigenvalue weighted by Crippen LogP contribution is 2.19. The molecule has 0 aromatic carbocycles. The second kappa shape index (κ2) is 3.69. The Morgan fingerprint density at radius 1 is 1.33 bits per heavy atom. The maximum Gasteiger partial charge on any atom is 0.352 e. The Morgan fingerprint density at radius 3 is 2.83 bits per heavy atom. The Labute approximate surface area is 102 Å². The van der Waals surface area contributed by atoms with E-state index in [1.54, 1.807) is 39.7 Å². The summed E-state index contributed by atoms with van der Waals surface area (Å²) < 4.78 is 3.26. The molecule has 0 aliphatic heterocycles. The first-order valence-corrected chi connectivity index (χ1v) is 5.36. The third kappa shape index (κ3) is 1.46. The van der Waals surface area contributed by atoms with Crippen molar-refractivity contribution in [3.05, 3.63) is 42.4 Å². The highest BCUT2D eigenvalue weighted by atomic mass is 16.4. The van der Waals surface area contributed by atoms with E-state index in [2.05, 4.69) is 10.1 Å². The fourth-order valence-corrected chi connectivity index (χ4v) is 1.93. The van der Waals surface area contributed by atoms with Crippen molar-refractivity contribution in [2.75, 3.05) is 0 Å². The van der Waals surface area contributed by atoms with Gasteiger partial charge in [0.05, 0.1) is 5.69 Å². The summed E-state index contributed by atoms with van der Waals surface area (Å²) in [7, 11) is 1.82. The summed E-state index contributed by atoms with van der Waals surface area (Å²) >= 11 is 0. The van der Waals surface area contributed by atoms with Crippen LogP contribution in [0.15, 0.2) is 36.7 Å². The quantitative estimate of drug-likeness (QED) is 0.737. The normalized spacial score (nSPS) is 10.9. The monoisotopic (exact) mass is 242 g/mol. The lowest BCUT2D eigenvalue weighted by molar-refractivity contribution is 0.0689. The van der Waals surface area contributed by atoms with Crippen molar-refractivity contribution in [2.45, 2.75) is 0 Å². The van der Waals surface area contributed by atoms with Gasteiger partial charge in [0.2, 0.25) is 0 Å². The molecule has 18 heavy (non-hydrogen) atoms. The molecular weight excluding hydrogens is 232 g/mol. The summed E-state index contributed by atoms with van der Waals surface area (Å²) in [5, 5.41) is 13.2. The average Bonchev–Trinajstić information content (AvgIpc) is 2.92. The molecule has 0 aliphatic carbocycles. The van der Waals surface area contributed by atoms with Gasteiger partial charge in [-0.15, -0.1) is 0 Å². The molecular formula is C12H10N4O2. The molecule has 0 saturated carbocycles. The molecule has 0 fully saturated rings. The van der Waals surface area contributed by atoms with Crippen LogP contribution in [0.5, 0.6) is 0 Å². The van der Waals surface area contributed by atoms with Gasteiger partial charge < -0.3 is 5.11 Å². The Bertz CT molecular complexity index is 741. The number of carboxylic acid groups (broad SMARTS) is 1. The molecule has 0 radical (unpaired) electrons. The minimum atomic E-state index is -0.977. The molecule has 3 aromatic heterocycles. The van der Waals surface area contributed by atoms with Crippen molar-refractivity contribution in [2.24, 2.45) is 7.05 Å². The second-order valence-corrected chi connectivity index (χ2v) is 3.91. The topological polar surface area (TPSA) is 72.4 Å². The third-order valence-corrected chi connectivity index (χ3v) is 2.79. The third-order valence-electron chi connectivity index (χ3n) is 2.79. The van der Waals surface area contributed by atoms with Crippen LogP contribution in [0.3, 0.4) is 0 Å². The van der Waals surface area contributed by atoms with Crippen LogP contribution in [-0.4, -0.2) is 30.2 Å². The van der Waals surface area contributed by atoms with E-state index in [9.17, 15) is 4.79 Å². The predicted octanol–water partition coefficient (Wildman–Crippen LogP) is 1.43. The molecule has 0 aliphatic rings. The summed E-state index contributed by atoms with van der Waals surface area (Å²) in [5.74, 6) is -0.977. The van der Waals surface area contributed by atoms with Crippen molar-refractivity contribution >= 4 is 11.6 Å². The highest BCUT2D eigenvalue weighted by Gasteiger charge is 2.12. The molecule has 0 saturated heterocycles. The summed E-state index contributed by atoms with van der Waals surface area (Å²) in [4.78, 5) is 15.5. The number of carboxylic acids is 1. The van der Waals surface area contributed by atoms with Crippen LogP contribution >= 0.6 is 0 Å². The molecule has 3 rings (SSSR count). The molecule has 6 heteroatoms. The van der Waals surface area contributed by atoms with Gasteiger partial charge in [-0.1, -0.05) is 6.07 Å². The number of aryl methyl sites for hydroxylation is 1. The highest BCUT2D eigenvalue weighted by molar-refractivity contribution is 5.86. The van der Waals surface area contributed by atoms with Crippen molar-refractivity contribution in [3.63, 3.8) is 0 Å². The lowest BCUT2D eigenvalue weighted by Crippen LogP contribution is -2.03. The fourth-order valence-electron chi connectivity index (χ4n) is 1.93. The standard InChI is InChI=1S/C12H10N4O2/c1-15-9(5-6-13-15)8-7-16-10(12(17)18)3-2-4-11(16)14-8/h2-7H,1H3,(H,17,18). The fraction of sp³-hybridized carbons (Fsp3) is 0.0833. The second-order valence-electron chi connectivity index (χ2n) is 3.91. The number of pyridine rings is 1. The van der Waals surface area contributed by atoms with E-state index in [0.29, 0.717) is 11.3 Å². The predicted molar refractivity (Wildman–Crippen MR) is 64.4 cm³/mol. The number of rotatable bonds is 2. The molecule has 0 unspecified atom stereocenters. The van der Waals surface area contributed by atoms with E-state index >= 15 is 0 Å². The van der Waals surface area contributed by atoms with Gasteiger partial charge in [-0.2, -0.15) is 5.10 Å². The first-order valence-electron chi connectivity index (χ1n) is 5.36. The Morgan fingerprint density at radius 2 is 2.17 bits per heavy atom. The largest absolute Gasteiger partial charge is 0.477 e. The molecule has 1 N–H and O–H groups in total. The van der Waals surface area contributed by atoms with E-state index in [1.165, 1.54) is 0 Å². The van der Waals surface area contributed by atoms with E-state index in [0.717, 1.165) is 5.69 Å². The zero-order valence-corrected chi connectivity index (χ0v) is 9.61. The number of aromatic nitrogens is 4. The molecule has 0 spiro atoms. The number of aromatic carboxylic acids is 1. The van der Waals surface area contributed by atoms with Gasteiger partial charge in [0.1, 0.15) is 17.0 Å². The van der Waals surface area contributed by atoms with Crippen LogP contribution in [-0.2, 0) is 7.05 Å². The van der Waals surface area contributed by atoms with Crippen LogP contribution in [0.4, 0.5) is 0 Å². The van der Waals surface area contributed by atoms with Gasteiger partial charge in [-0.25, -0.2) is 9.78 Å². The van der Waals surface area contributed by atoms with Gasteiger partial charge in [0.15, 0.2) is 0 Å². The summed E-state index contributed by atoms with van der Waals surface area (Å²) in [5.41, 5.74) is 2.33. The number of hydrogen-bond donors (Lipinski definition) is 1. The molecule has 0 atom stereocenters. The lowest BCUT2D eigenvalue weighted by Gasteiger charge is -1.98. The summed E-state index contributed by atoms with van der Waals surface area (Å²) in [6.07, 6.45) is 3.38. The maximum absolute atomic E-state index is 11.1. The number of fused-ring (bicyclic) bond motifs is 1. The summed E-state index contributed by atoms with van der Waals surface area (Å²) in [6, 6.07) is 6.83. The zero-order chi connectivity index (χ0) is 12.7. The van der Waals surface area contributed by atoms with Gasteiger partial charge in [-0.05, 0) is 18.2 Å². The number of carbonyl (C=O) groups is 1. The minimum Gasteiger partial charge on any atom is -0.477 e. The molecule has 3 heterocycles. The van der Waals surface area contributed by atoms with Crippen molar-refractivity contribution in [1.82, 2.24) is 19.2 Å². The van der Waals surface area contributed by atoms with Gasteiger partial charge >= 0.3 is 5.97 Å². The molecule has 3 aromatic rings. The molecule has 6 nitrogen and oxygen atoms in total. The van der Waals surface area contributed by atoms with Gasteiger partial charge in [0.25, 0.3) is 0 Å². The first-order chi connectivity index (χ1) is 8.66. The zero-order valence-electron chi connectivity index (χ0n) is 9.61. The van der Waals surface area contributed by atoms with Crippen LogP contribution in [0, 0.1) is 0 Å². The lowest BCUT2D eigenvalue weighted by atomic mass is 10.3. The van der Waals surface area contributed by atoms with Gasteiger partial charge in [0, 0.05) is 19.4 Å². The van der Waals surface area contributed by atoms with E-state index < -0.39 is 5.97 Å². The van der Waals surface area contributed by atoms with Gasteiger partial charge in [-0.3, -0.25) is 9.08 Å². The summed E-state index contributed by atoms with van der Waals surface area (Å²) in [6.45, 7) is 0. The van der Waals surface area contributed by atoms with Crippen LogP contribution in [0.2, 0.25) is 0 Å². The van der Waals surface area contributed by atoms with E-state index in [1.807, 2.05) is 13.1 Å². The minimum absolute atomic E-state index is 0.188. The molecule has 90 valence electrons. The van der Waals surface area contributed by atoms with Crippen LogP contribution in [0.1, 0.15) is 10.5 Å². The van der Waals surface area contributed by atoms with E-state index in [-0.39, 0.29) is 5.69 Å². The number of hydrogen-bond acceptors (Lipinski definition) is 3. The Hall–Kier alpha value is -2.63. The number of imidazole rings is 1. The van der Waals surface area contributed by atoms with Crippen LogP contribution < -0.4 is 0 Å². The van der Waals surface area contributed by atoms with Crippen LogP contribution in [0.25, 0.3) is 17.0 Å². The van der Waals surface area contributed by atoms with E-state index in [4.69, 9.17) is 5.11 Å². The molecule has 0 bridgehead atoms. The Balaban J connectivity index is 2.26. The molecule has 0 amide bonds. The van der Waals surface area contributed by atoms with Crippen molar-refractivity contribution in [3.8, 4) is 11.4 Å². The maximum atomic E-state index is 11.1.